The normalized spacial score (nSPS) is 20.9. The first-order valence-corrected chi connectivity index (χ1v) is 8.91. The zero-order valence-corrected chi connectivity index (χ0v) is 15.0. The molecular weight excluding hydrogens is 393 g/mol. The molecule has 1 aliphatic heterocycles. The van der Waals surface area contributed by atoms with Crippen LogP contribution in [0.5, 0.6) is 5.75 Å². The number of rotatable bonds is 3. The minimum Gasteiger partial charge on any atom is -0.489 e. The van der Waals surface area contributed by atoms with E-state index in [1.807, 2.05) is 0 Å². The summed E-state index contributed by atoms with van der Waals surface area (Å²) in [6.45, 7) is 0.177. The van der Waals surface area contributed by atoms with Crippen molar-refractivity contribution < 1.29 is 31.4 Å². The van der Waals surface area contributed by atoms with Crippen LogP contribution in [-0.2, 0) is 4.74 Å². The Bertz CT molecular complexity index is 963. The minimum atomic E-state index is -4.75. The summed E-state index contributed by atoms with van der Waals surface area (Å²) in [5, 5.41) is 3.26. The van der Waals surface area contributed by atoms with Crippen molar-refractivity contribution in [2.45, 2.75) is 18.8 Å². The summed E-state index contributed by atoms with van der Waals surface area (Å²) in [6.07, 6.45) is 0.102. The lowest BCUT2D eigenvalue weighted by Gasteiger charge is -2.33. The molecule has 0 saturated heterocycles. The maximum absolute atomic E-state index is 13.6. The molecule has 0 aromatic heterocycles. The molecule has 2 aromatic rings. The zero-order chi connectivity index (χ0) is 20.6. The van der Waals surface area contributed by atoms with Gasteiger partial charge in [-0.15, -0.1) is 13.2 Å². The number of hydrogen-bond donors (Lipinski definition) is 1. The Morgan fingerprint density at radius 3 is 2.55 bits per heavy atom. The smallest absolute Gasteiger partial charge is 0.489 e. The second-order valence-electron chi connectivity index (χ2n) is 6.82. The molecule has 8 heteroatoms. The summed E-state index contributed by atoms with van der Waals surface area (Å²) in [4.78, 5) is 0. The van der Waals surface area contributed by atoms with Crippen LogP contribution in [0.3, 0.4) is 0 Å². The first-order chi connectivity index (χ1) is 13.8. The van der Waals surface area contributed by atoms with Crippen LogP contribution in [-0.4, -0.2) is 19.0 Å². The van der Waals surface area contributed by atoms with Gasteiger partial charge in [0.25, 0.3) is 0 Å². The van der Waals surface area contributed by atoms with Crippen molar-refractivity contribution in [3.8, 4) is 16.9 Å². The van der Waals surface area contributed by atoms with Gasteiger partial charge in [0, 0.05) is 17.5 Å². The number of para-hydroxylation sites is 1. The van der Waals surface area contributed by atoms with E-state index in [4.69, 9.17) is 4.74 Å². The summed E-state index contributed by atoms with van der Waals surface area (Å²) in [5.74, 6) is -1.49. The highest BCUT2D eigenvalue weighted by Crippen LogP contribution is 2.41. The number of allylic oxidation sites excluding steroid dienone is 2. The molecule has 1 heterocycles. The molecule has 3 nitrogen and oxygen atoms in total. The van der Waals surface area contributed by atoms with Gasteiger partial charge in [-0.1, -0.05) is 18.2 Å². The van der Waals surface area contributed by atoms with E-state index in [1.165, 1.54) is 24.3 Å². The van der Waals surface area contributed by atoms with E-state index in [1.54, 1.807) is 24.3 Å². The number of ether oxygens (including phenoxy) is 2. The molecule has 0 fully saturated rings. The molecule has 0 radical (unpaired) electrons. The van der Waals surface area contributed by atoms with Crippen molar-refractivity contribution in [3.05, 3.63) is 72.0 Å². The van der Waals surface area contributed by atoms with Gasteiger partial charge in [0.15, 0.2) is 0 Å². The molecule has 4 rings (SSSR count). The standard InChI is InChI=1S/C21H16F5NO2/c22-14-7-13(8-15(23)10-14)17-5-2-6-18-20(17)28-11-19(27-18)12-3-1-4-16(9-12)29-21(24,25)26/h1-2,4-10,12,19,27H,3,11H2/t12?,19-/m1/s1. The number of anilines is 1. The van der Waals surface area contributed by atoms with Crippen molar-refractivity contribution in [2.75, 3.05) is 11.9 Å². The predicted molar refractivity (Wildman–Crippen MR) is 97.2 cm³/mol. The van der Waals surface area contributed by atoms with Gasteiger partial charge in [-0.3, -0.25) is 0 Å². The van der Waals surface area contributed by atoms with Gasteiger partial charge in [-0.25, -0.2) is 8.78 Å². The molecule has 0 saturated carbocycles. The number of alkyl halides is 3. The van der Waals surface area contributed by atoms with Crippen molar-refractivity contribution in [1.82, 2.24) is 0 Å². The number of halogens is 5. The van der Waals surface area contributed by atoms with Crippen LogP contribution >= 0.6 is 0 Å². The first kappa shape index (κ1) is 19.3. The lowest BCUT2D eigenvalue weighted by Crippen LogP contribution is -2.38. The Kier molecular flexibility index (Phi) is 4.94. The molecule has 2 aliphatic rings. The van der Waals surface area contributed by atoms with E-state index in [0.29, 0.717) is 29.0 Å². The average Bonchev–Trinajstić information content (AvgIpc) is 2.65. The highest BCUT2D eigenvalue weighted by Gasteiger charge is 2.34. The SMILES string of the molecule is Fc1cc(F)cc(-c2cccc3c2OC[C@H](C2C=C(OC(F)(F)F)C=CC2)N3)c1. The molecule has 0 bridgehead atoms. The molecule has 2 atom stereocenters. The van der Waals surface area contributed by atoms with Gasteiger partial charge in [0.05, 0.1) is 11.7 Å². The second-order valence-corrected chi connectivity index (χ2v) is 6.82. The van der Waals surface area contributed by atoms with Crippen molar-refractivity contribution >= 4 is 5.69 Å². The third-order valence-electron chi connectivity index (χ3n) is 4.76. The quantitative estimate of drug-likeness (QED) is 0.650. The number of benzene rings is 2. The topological polar surface area (TPSA) is 30.5 Å². The monoisotopic (exact) mass is 409 g/mol. The van der Waals surface area contributed by atoms with Crippen molar-refractivity contribution in [2.24, 2.45) is 5.92 Å². The number of hydrogen-bond acceptors (Lipinski definition) is 3. The molecule has 152 valence electrons. The van der Waals surface area contributed by atoms with Crippen molar-refractivity contribution in [3.63, 3.8) is 0 Å². The maximum Gasteiger partial charge on any atom is 0.573 e. The Morgan fingerprint density at radius 2 is 1.83 bits per heavy atom. The summed E-state index contributed by atoms with van der Waals surface area (Å²) < 4.78 is 74.5. The maximum atomic E-state index is 13.6. The van der Waals surface area contributed by atoms with E-state index in [0.717, 1.165) is 6.07 Å². The number of nitrogens with one attached hydrogen (secondary N) is 1. The second kappa shape index (κ2) is 7.42. The fourth-order valence-electron chi connectivity index (χ4n) is 3.55. The molecule has 1 unspecified atom stereocenters. The van der Waals surface area contributed by atoms with Crippen LogP contribution in [0.1, 0.15) is 6.42 Å². The van der Waals surface area contributed by atoms with Crippen LogP contribution in [0.4, 0.5) is 27.6 Å². The summed E-state index contributed by atoms with van der Waals surface area (Å²) in [5.41, 5.74) is 1.46. The predicted octanol–water partition coefficient (Wildman–Crippen LogP) is 5.80. The Hall–Kier alpha value is -3.03. The third-order valence-corrected chi connectivity index (χ3v) is 4.76. The fraction of sp³-hybridized carbons (Fsp3) is 0.238. The Labute approximate surface area is 163 Å². The third kappa shape index (κ3) is 4.36. The molecular formula is C21H16F5NO2. The summed E-state index contributed by atoms with van der Waals surface area (Å²) >= 11 is 0. The van der Waals surface area contributed by atoms with Crippen LogP contribution in [0, 0.1) is 17.6 Å². The van der Waals surface area contributed by atoms with E-state index in [2.05, 4.69) is 10.1 Å². The lowest BCUT2D eigenvalue weighted by molar-refractivity contribution is -0.303. The minimum absolute atomic E-state index is 0.177. The zero-order valence-electron chi connectivity index (χ0n) is 15.0. The molecule has 1 aliphatic carbocycles. The highest BCUT2D eigenvalue weighted by molar-refractivity contribution is 5.79. The summed E-state index contributed by atoms with van der Waals surface area (Å²) in [6, 6.07) is 8.07. The van der Waals surface area contributed by atoms with Gasteiger partial charge in [-0.2, -0.15) is 0 Å². The number of fused-ring (bicyclic) bond motifs is 1. The van der Waals surface area contributed by atoms with E-state index >= 15 is 0 Å². The van der Waals surface area contributed by atoms with Crippen LogP contribution in [0.25, 0.3) is 11.1 Å². The van der Waals surface area contributed by atoms with Crippen LogP contribution < -0.4 is 10.1 Å². The highest BCUT2D eigenvalue weighted by atomic mass is 19.4. The lowest BCUT2D eigenvalue weighted by atomic mass is 9.91. The van der Waals surface area contributed by atoms with Crippen molar-refractivity contribution in [1.29, 1.82) is 0 Å². The van der Waals surface area contributed by atoms with Crippen LogP contribution in [0.15, 0.2) is 60.4 Å². The Morgan fingerprint density at radius 1 is 1.07 bits per heavy atom. The summed E-state index contributed by atoms with van der Waals surface area (Å²) in [7, 11) is 0. The van der Waals surface area contributed by atoms with E-state index in [-0.39, 0.29) is 24.3 Å². The van der Waals surface area contributed by atoms with Gasteiger partial charge in [0.2, 0.25) is 0 Å². The van der Waals surface area contributed by atoms with Crippen LogP contribution in [0.2, 0.25) is 0 Å². The van der Waals surface area contributed by atoms with Gasteiger partial charge in [0.1, 0.15) is 29.8 Å². The van der Waals surface area contributed by atoms with Gasteiger partial charge < -0.3 is 14.8 Å². The van der Waals surface area contributed by atoms with E-state index < -0.39 is 18.0 Å². The molecule has 1 N–H and O–H groups in total. The fourth-order valence-corrected chi connectivity index (χ4v) is 3.55. The molecule has 29 heavy (non-hydrogen) atoms. The molecule has 0 amide bonds. The van der Waals surface area contributed by atoms with E-state index in [9.17, 15) is 22.0 Å². The molecule has 2 aromatic carbocycles. The van der Waals surface area contributed by atoms with Gasteiger partial charge >= 0.3 is 6.36 Å². The Balaban J connectivity index is 1.58. The molecule has 0 spiro atoms. The largest absolute Gasteiger partial charge is 0.573 e. The first-order valence-electron chi connectivity index (χ1n) is 8.91. The average molecular weight is 409 g/mol. The van der Waals surface area contributed by atoms with Gasteiger partial charge in [-0.05, 0) is 42.3 Å².